The molecule has 50 heavy (non-hydrogen) atoms. The Kier molecular flexibility index (Phi) is 28.4. The molecule has 2 unspecified atom stereocenters. The van der Waals surface area contributed by atoms with Crippen molar-refractivity contribution in [1.29, 1.82) is 0 Å². The lowest BCUT2D eigenvalue weighted by Gasteiger charge is -2.25. The van der Waals surface area contributed by atoms with Crippen LogP contribution in [0.2, 0.25) is 0 Å². The summed E-state index contributed by atoms with van der Waals surface area (Å²) in [6, 6.07) is 0. The number of hydrogen-bond donors (Lipinski definition) is 0. The van der Waals surface area contributed by atoms with Gasteiger partial charge in [-0.15, -0.1) is 11.8 Å². The summed E-state index contributed by atoms with van der Waals surface area (Å²) in [4.78, 5) is 39.3. The van der Waals surface area contributed by atoms with Gasteiger partial charge in [-0.25, -0.2) is 0 Å². The summed E-state index contributed by atoms with van der Waals surface area (Å²) in [5.74, 6) is 1.60. The summed E-state index contributed by atoms with van der Waals surface area (Å²) in [7, 11) is 0. The Morgan fingerprint density at radius 3 is 1.66 bits per heavy atom. The van der Waals surface area contributed by atoms with E-state index in [4.69, 9.17) is 9.47 Å². The maximum Gasteiger partial charge on any atom is 0.310 e. The maximum atomic E-state index is 13.8. The number of hydrogen-bond acceptors (Lipinski definition) is 6. The minimum atomic E-state index is -0.256. The first-order valence-electron chi connectivity index (χ1n) is 22.0. The lowest BCUT2D eigenvalue weighted by molar-refractivity contribution is -0.151. The molecule has 0 aromatic rings. The van der Waals surface area contributed by atoms with E-state index in [1.807, 2.05) is 0 Å². The lowest BCUT2D eigenvalue weighted by Crippen LogP contribution is -2.26. The van der Waals surface area contributed by atoms with E-state index in [9.17, 15) is 14.4 Å². The van der Waals surface area contributed by atoms with Crippen molar-refractivity contribution in [3.05, 3.63) is 0 Å². The quantitative estimate of drug-likeness (QED) is 0.0594. The third kappa shape index (κ3) is 24.2. The minimum absolute atomic E-state index is 0.0218. The summed E-state index contributed by atoms with van der Waals surface area (Å²) < 4.78 is 12.5. The molecule has 0 amide bonds. The number of ether oxygens (including phenoxy) is 2. The van der Waals surface area contributed by atoms with Crippen LogP contribution in [0.4, 0.5) is 0 Å². The van der Waals surface area contributed by atoms with Gasteiger partial charge in [-0.1, -0.05) is 155 Å². The maximum absolute atomic E-state index is 13.8. The van der Waals surface area contributed by atoms with E-state index < -0.39 is 0 Å². The predicted octanol–water partition coefficient (Wildman–Crippen LogP) is 13.6. The first-order chi connectivity index (χ1) is 24.5. The Bertz CT molecular complexity index is 824. The van der Waals surface area contributed by atoms with Gasteiger partial charge in [0, 0.05) is 25.0 Å². The second kappa shape index (κ2) is 31.5. The fraction of sp³-hybridized carbons (Fsp3) is 0.932. The molecule has 2 fully saturated rings. The lowest BCUT2D eigenvalue weighted by atomic mass is 9.86. The number of carbonyl (C=O) groups is 3. The standard InChI is InChI=1S/C44H80O5S/c1-3-5-7-24-33-41(48-42(46)36-35-38-27-20-18-21-28-38)37-50-43(34-26-25-32-40(45)31-19-6-4-2)49-44(47)39-29-22-16-14-12-10-8-9-11-13-15-17-23-30-39/h38-39,41,43H,3-37H2,1-2H3. The second-order valence-electron chi connectivity index (χ2n) is 16.0. The van der Waals surface area contributed by atoms with Crippen LogP contribution in [-0.4, -0.2) is 35.0 Å². The van der Waals surface area contributed by atoms with Crippen molar-refractivity contribution in [3.63, 3.8) is 0 Å². The molecule has 0 aromatic carbocycles. The number of Topliss-reactive ketones (excluding diaryl/α,β-unsaturated/α-hetero) is 1. The Morgan fingerprint density at radius 2 is 1.06 bits per heavy atom. The van der Waals surface area contributed by atoms with Crippen LogP contribution in [-0.2, 0) is 23.9 Å². The van der Waals surface area contributed by atoms with Gasteiger partial charge in [0.2, 0.25) is 0 Å². The predicted molar refractivity (Wildman–Crippen MR) is 213 cm³/mol. The normalized spacial score (nSPS) is 19.2. The van der Waals surface area contributed by atoms with Gasteiger partial charge in [-0.2, -0.15) is 0 Å². The van der Waals surface area contributed by atoms with Crippen molar-refractivity contribution in [2.45, 2.75) is 244 Å². The van der Waals surface area contributed by atoms with Gasteiger partial charge >= 0.3 is 11.9 Å². The number of rotatable bonds is 23. The van der Waals surface area contributed by atoms with Crippen LogP contribution in [0.25, 0.3) is 0 Å². The molecule has 2 aliphatic rings. The molecule has 2 atom stereocenters. The van der Waals surface area contributed by atoms with Crippen LogP contribution < -0.4 is 0 Å². The van der Waals surface area contributed by atoms with Crippen molar-refractivity contribution < 1.29 is 23.9 Å². The average molecular weight is 721 g/mol. The number of carbonyl (C=O) groups excluding carboxylic acids is 3. The van der Waals surface area contributed by atoms with E-state index in [-0.39, 0.29) is 29.4 Å². The number of unbranched alkanes of at least 4 members (excludes halogenated alkanes) is 6. The highest BCUT2D eigenvalue weighted by molar-refractivity contribution is 7.99. The van der Waals surface area contributed by atoms with Crippen molar-refractivity contribution in [1.82, 2.24) is 0 Å². The zero-order valence-corrected chi connectivity index (χ0v) is 33.8. The van der Waals surface area contributed by atoms with Crippen LogP contribution in [0, 0.1) is 11.8 Å². The molecular weight excluding hydrogens is 641 g/mol. The fourth-order valence-corrected chi connectivity index (χ4v) is 9.05. The van der Waals surface area contributed by atoms with Gasteiger partial charge < -0.3 is 9.47 Å². The Hall–Kier alpha value is -1.04. The monoisotopic (exact) mass is 721 g/mol. The van der Waals surface area contributed by atoms with Gasteiger partial charge in [0.15, 0.2) is 0 Å². The molecule has 6 heteroatoms. The zero-order chi connectivity index (χ0) is 35.9. The van der Waals surface area contributed by atoms with Crippen molar-refractivity contribution >= 4 is 29.5 Å². The molecular formula is C44H80O5S. The number of ketones is 1. The smallest absolute Gasteiger partial charge is 0.310 e. The molecule has 0 N–H and O–H groups in total. The first kappa shape index (κ1) is 45.1. The zero-order valence-electron chi connectivity index (χ0n) is 33.0. The van der Waals surface area contributed by atoms with Crippen LogP contribution in [0.15, 0.2) is 0 Å². The van der Waals surface area contributed by atoms with E-state index in [0.717, 1.165) is 89.9 Å². The van der Waals surface area contributed by atoms with Crippen LogP contribution in [0.3, 0.4) is 0 Å². The van der Waals surface area contributed by atoms with Gasteiger partial charge in [-0.05, 0) is 63.7 Å². The Morgan fingerprint density at radius 1 is 0.560 bits per heavy atom. The van der Waals surface area contributed by atoms with Gasteiger partial charge in [0.1, 0.15) is 17.3 Å². The summed E-state index contributed by atoms with van der Waals surface area (Å²) in [6.45, 7) is 4.39. The minimum Gasteiger partial charge on any atom is -0.461 e. The molecule has 0 heterocycles. The number of esters is 2. The largest absolute Gasteiger partial charge is 0.461 e. The topological polar surface area (TPSA) is 69.7 Å². The SMILES string of the molecule is CCCCCCC(CSC(CCCCC(=O)CCCCC)OC(=O)C1CCCCCCCCCCCCCC1)OC(=O)CCC1CCCCC1. The molecule has 0 spiro atoms. The van der Waals surface area contributed by atoms with Gasteiger partial charge in [0.05, 0.1) is 5.92 Å². The first-order valence-corrected chi connectivity index (χ1v) is 23.1. The van der Waals surface area contributed by atoms with Crippen molar-refractivity contribution in [3.8, 4) is 0 Å². The van der Waals surface area contributed by atoms with Crippen molar-refractivity contribution in [2.75, 3.05) is 5.75 Å². The molecule has 0 bridgehead atoms. The summed E-state index contributed by atoms with van der Waals surface area (Å²) in [6.07, 6.45) is 37.4. The summed E-state index contributed by atoms with van der Waals surface area (Å²) in [5, 5.41) is 0. The third-order valence-corrected chi connectivity index (χ3v) is 12.5. The number of thioether (sulfide) groups is 1. The van der Waals surface area contributed by atoms with E-state index in [0.29, 0.717) is 36.7 Å². The van der Waals surface area contributed by atoms with Gasteiger partial charge in [0.25, 0.3) is 0 Å². The van der Waals surface area contributed by atoms with Crippen molar-refractivity contribution in [2.24, 2.45) is 11.8 Å². The Balaban J connectivity index is 2.01. The third-order valence-electron chi connectivity index (χ3n) is 11.3. The highest BCUT2D eigenvalue weighted by atomic mass is 32.2. The highest BCUT2D eigenvalue weighted by Gasteiger charge is 2.26. The fourth-order valence-electron chi connectivity index (χ4n) is 7.89. The second-order valence-corrected chi connectivity index (χ2v) is 17.2. The summed E-state index contributed by atoms with van der Waals surface area (Å²) >= 11 is 1.67. The molecule has 0 radical (unpaired) electrons. The molecule has 5 nitrogen and oxygen atoms in total. The van der Waals surface area contributed by atoms with Crippen LogP contribution in [0.5, 0.6) is 0 Å². The molecule has 292 valence electrons. The molecule has 0 aliphatic heterocycles. The van der Waals surface area contributed by atoms with E-state index in [2.05, 4.69) is 13.8 Å². The molecule has 2 rings (SSSR count). The molecule has 2 saturated carbocycles. The highest BCUT2D eigenvalue weighted by Crippen LogP contribution is 2.30. The molecule has 2 aliphatic carbocycles. The van der Waals surface area contributed by atoms with Crippen LogP contribution in [0.1, 0.15) is 232 Å². The summed E-state index contributed by atoms with van der Waals surface area (Å²) in [5.41, 5.74) is -0.256. The van der Waals surface area contributed by atoms with E-state index >= 15 is 0 Å². The molecule has 0 saturated heterocycles. The Labute approximate surface area is 313 Å². The van der Waals surface area contributed by atoms with Gasteiger partial charge in [-0.3, -0.25) is 14.4 Å². The van der Waals surface area contributed by atoms with E-state index in [1.54, 1.807) is 11.8 Å². The molecule has 0 aromatic heterocycles. The van der Waals surface area contributed by atoms with Crippen LogP contribution >= 0.6 is 11.8 Å². The van der Waals surface area contributed by atoms with E-state index in [1.165, 1.54) is 109 Å². The average Bonchev–Trinajstić information content (AvgIpc) is 3.13.